The van der Waals surface area contributed by atoms with Gasteiger partial charge in [-0.15, -0.1) is 0 Å². The second kappa shape index (κ2) is 7.60. The molecule has 0 saturated carbocycles. The molecule has 27 heavy (non-hydrogen) atoms. The molecule has 7 nitrogen and oxygen atoms in total. The predicted molar refractivity (Wildman–Crippen MR) is 101 cm³/mol. The van der Waals surface area contributed by atoms with Gasteiger partial charge in [-0.1, -0.05) is 6.07 Å². The van der Waals surface area contributed by atoms with E-state index >= 15 is 0 Å². The number of hydrogen-bond acceptors (Lipinski definition) is 5. The van der Waals surface area contributed by atoms with Crippen LogP contribution in [-0.4, -0.2) is 36.0 Å². The topological polar surface area (TPSA) is 74.6 Å². The second-order valence-corrected chi connectivity index (χ2v) is 6.90. The lowest BCUT2D eigenvalue weighted by Gasteiger charge is -2.26. The van der Waals surface area contributed by atoms with Gasteiger partial charge < -0.3 is 19.5 Å². The van der Waals surface area contributed by atoms with Crippen LogP contribution in [0.15, 0.2) is 12.1 Å². The van der Waals surface area contributed by atoms with Gasteiger partial charge in [0.25, 0.3) is 5.91 Å². The van der Waals surface area contributed by atoms with Crippen LogP contribution >= 0.6 is 0 Å². The molecule has 1 N–H and O–H groups in total. The van der Waals surface area contributed by atoms with Gasteiger partial charge in [0.2, 0.25) is 0 Å². The van der Waals surface area contributed by atoms with Crippen molar-refractivity contribution in [2.24, 2.45) is 7.05 Å². The van der Waals surface area contributed by atoms with Crippen molar-refractivity contribution in [3.63, 3.8) is 0 Å². The fraction of sp³-hybridized carbons (Fsp3) is 0.500. The second-order valence-electron chi connectivity index (χ2n) is 6.90. The van der Waals surface area contributed by atoms with Gasteiger partial charge >= 0.3 is 0 Å². The normalized spacial score (nSPS) is 18.7. The fourth-order valence-electron chi connectivity index (χ4n) is 3.79. The smallest absolute Gasteiger partial charge is 0.272 e. The van der Waals surface area contributed by atoms with E-state index in [4.69, 9.17) is 14.2 Å². The first kappa shape index (κ1) is 19.2. The predicted octanol–water partition coefficient (Wildman–Crippen LogP) is 2.70. The number of fused-ring (bicyclic) bond motifs is 1. The van der Waals surface area contributed by atoms with Gasteiger partial charge in [0, 0.05) is 25.6 Å². The number of methoxy groups -OCH3 is 2. The average molecular weight is 373 g/mol. The van der Waals surface area contributed by atoms with E-state index in [-0.39, 0.29) is 18.1 Å². The highest BCUT2D eigenvalue weighted by atomic mass is 16.5. The number of aromatic nitrogens is 2. The summed E-state index contributed by atoms with van der Waals surface area (Å²) < 4.78 is 18.4. The van der Waals surface area contributed by atoms with Gasteiger partial charge in [-0.25, -0.2) is 0 Å². The van der Waals surface area contributed by atoms with Gasteiger partial charge in [-0.3, -0.25) is 9.48 Å². The molecule has 0 spiro atoms. The van der Waals surface area contributed by atoms with Crippen molar-refractivity contribution < 1.29 is 19.0 Å². The summed E-state index contributed by atoms with van der Waals surface area (Å²) in [7, 11) is 5.07. The highest BCUT2D eigenvalue weighted by Crippen LogP contribution is 2.33. The molecule has 1 amide bonds. The maximum Gasteiger partial charge on any atom is 0.272 e. The highest BCUT2D eigenvalue weighted by molar-refractivity contribution is 5.94. The van der Waals surface area contributed by atoms with Crippen LogP contribution in [0.2, 0.25) is 0 Å². The highest BCUT2D eigenvalue weighted by Gasteiger charge is 2.31. The summed E-state index contributed by atoms with van der Waals surface area (Å²) in [4.78, 5) is 12.8. The van der Waals surface area contributed by atoms with E-state index in [0.717, 1.165) is 22.4 Å². The van der Waals surface area contributed by atoms with Crippen molar-refractivity contribution in [1.29, 1.82) is 0 Å². The molecule has 0 aliphatic carbocycles. The van der Waals surface area contributed by atoms with Crippen molar-refractivity contribution in [2.45, 2.75) is 45.9 Å². The number of nitrogens with zero attached hydrogens (tertiary/aromatic N) is 2. The van der Waals surface area contributed by atoms with Crippen LogP contribution in [0.1, 0.15) is 52.8 Å². The Morgan fingerprint density at radius 2 is 2.07 bits per heavy atom. The van der Waals surface area contributed by atoms with Gasteiger partial charge in [0.05, 0.1) is 32.1 Å². The summed E-state index contributed by atoms with van der Waals surface area (Å²) in [6.45, 7) is 6.34. The molecule has 2 aromatic rings. The summed E-state index contributed by atoms with van der Waals surface area (Å²) in [6, 6.07) is 3.78. The first-order chi connectivity index (χ1) is 12.9. The van der Waals surface area contributed by atoms with Crippen molar-refractivity contribution in [2.75, 3.05) is 14.2 Å². The molecular weight excluding hydrogens is 346 g/mol. The van der Waals surface area contributed by atoms with Gasteiger partial charge in [0.1, 0.15) is 0 Å². The molecule has 1 aliphatic rings. The molecule has 0 unspecified atom stereocenters. The van der Waals surface area contributed by atoms with Crippen LogP contribution in [-0.2, 0) is 24.8 Å². The lowest BCUT2D eigenvalue weighted by Crippen LogP contribution is -2.27. The van der Waals surface area contributed by atoms with Crippen LogP contribution in [0.25, 0.3) is 0 Å². The van der Waals surface area contributed by atoms with Crippen molar-refractivity contribution in [1.82, 2.24) is 15.1 Å². The Bertz CT molecular complexity index is 859. The van der Waals surface area contributed by atoms with E-state index in [2.05, 4.69) is 10.4 Å². The molecule has 1 aliphatic heterocycles. The molecule has 1 aromatic carbocycles. The Morgan fingerprint density at radius 3 is 2.74 bits per heavy atom. The Morgan fingerprint density at radius 1 is 1.33 bits per heavy atom. The third-order valence-electron chi connectivity index (χ3n) is 5.07. The van der Waals surface area contributed by atoms with E-state index in [1.54, 1.807) is 18.9 Å². The summed E-state index contributed by atoms with van der Waals surface area (Å²) in [6.07, 6.45) is 0.679. The Balaban J connectivity index is 1.81. The summed E-state index contributed by atoms with van der Waals surface area (Å²) >= 11 is 0. The third kappa shape index (κ3) is 3.51. The first-order valence-corrected chi connectivity index (χ1v) is 9.07. The zero-order valence-electron chi connectivity index (χ0n) is 16.8. The summed E-state index contributed by atoms with van der Waals surface area (Å²) in [5.74, 6) is 1.17. The largest absolute Gasteiger partial charge is 0.493 e. The lowest BCUT2D eigenvalue weighted by atomic mass is 9.99. The average Bonchev–Trinajstić information content (AvgIpc) is 2.96. The van der Waals surface area contributed by atoms with E-state index in [9.17, 15) is 4.79 Å². The minimum absolute atomic E-state index is 0.0661. The van der Waals surface area contributed by atoms with Crippen LogP contribution in [0.3, 0.4) is 0 Å². The number of amides is 1. The number of hydrogen-bond donors (Lipinski definition) is 1. The number of rotatable bonds is 5. The maximum atomic E-state index is 12.8. The Labute approximate surface area is 159 Å². The molecule has 2 atom stereocenters. The van der Waals surface area contributed by atoms with Gasteiger partial charge in [-0.05, 0) is 38.0 Å². The molecule has 7 heteroatoms. The molecule has 0 saturated heterocycles. The molecule has 0 fully saturated rings. The maximum absolute atomic E-state index is 12.8. The SMILES string of the molecule is COc1ccc(CNC(=O)c2nn(C)c3c2C[C@H](C)O[C@@H]3C)c(C)c1OC. The quantitative estimate of drug-likeness (QED) is 0.872. The minimum Gasteiger partial charge on any atom is -0.493 e. The number of aryl methyl sites for hydroxylation is 1. The number of benzene rings is 1. The summed E-state index contributed by atoms with van der Waals surface area (Å²) in [5.41, 5.74) is 4.34. The Hall–Kier alpha value is -2.54. The Kier molecular flexibility index (Phi) is 5.41. The number of ether oxygens (including phenoxy) is 3. The molecule has 146 valence electrons. The van der Waals surface area contributed by atoms with E-state index in [0.29, 0.717) is 30.2 Å². The standard InChI is InChI=1S/C20H27N3O4/c1-11-9-15-17(22-23(4)18(15)13(3)27-11)20(24)21-10-14-7-8-16(25-5)19(26-6)12(14)2/h7-8,11,13H,9-10H2,1-6H3,(H,21,24)/t11-,13+/m0/s1. The molecule has 3 rings (SSSR count). The molecule has 0 radical (unpaired) electrons. The number of carbonyl (C=O) groups excluding carboxylic acids is 1. The van der Waals surface area contributed by atoms with E-state index < -0.39 is 0 Å². The zero-order chi connectivity index (χ0) is 19.7. The van der Waals surface area contributed by atoms with Crippen LogP contribution in [0.4, 0.5) is 0 Å². The lowest BCUT2D eigenvalue weighted by molar-refractivity contribution is -0.00903. The monoisotopic (exact) mass is 373 g/mol. The number of nitrogens with one attached hydrogen (secondary N) is 1. The molecular formula is C20H27N3O4. The van der Waals surface area contributed by atoms with Crippen LogP contribution < -0.4 is 14.8 Å². The minimum atomic E-state index is -0.178. The van der Waals surface area contributed by atoms with E-state index in [1.165, 1.54) is 0 Å². The first-order valence-electron chi connectivity index (χ1n) is 9.07. The van der Waals surface area contributed by atoms with Gasteiger partial charge in [0.15, 0.2) is 17.2 Å². The zero-order valence-corrected chi connectivity index (χ0v) is 16.8. The van der Waals surface area contributed by atoms with Crippen molar-refractivity contribution in [3.8, 4) is 11.5 Å². The van der Waals surface area contributed by atoms with Crippen molar-refractivity contribution >= 4 is 5.91 Å². The molecule has 2 heterocycles. The fourth-order valence-corrected chi connectivity index (χ4v) is 3.79. The van der Waals surface area contributed by atoms with Crippen LogP contribution in [0.5, 0.6) is 11.5 Å². The summed E-state index contributed by atoms with van der Waals surface area (Å²) in [5, 5.41) is 7.44. The van der Waals surface area contributed by atoms with Crippen molar-refractivity contribution in [3.05, 3.63) is 40.2 Å². The molecule has 0 bridgehead atoms. The van der Waals surface area contributed by atoms with Crippen LogP contribution in [0, 0.1) is 6.92 Å². The van der Waals surface area contributed by atoms with E-state index in [1.807, 2.05) is 40.0 Å². The third-order valence-corrected chi connectivity index (χ3v) is 5.07. The molecule has 1 aromatic heterocycles. The van der Waals surface area contributed by atoms with Gasteiger partial charge in [-0.2, -0.15) is 5.10 Å². The number of carbonyl (C=O) groups is 1.